The molecule has 0 aromatic carbocycles. The maximum atomic E-state index is 11.8. The van der Waals surface area contributed by atoms with Gasteiger partial charge in [-0.05, 0) is 0 Å². The number of nitrogens with zero attached hydrogens (tertiary/aromatic N) is 3. The molecule has 0 bridgehead atoms. The van der Waals surface area contributed by atoms with E-state index in [0.717, 1.165) is 6.20 Å². The number of hydrogen-bond acceptors (Lipinski definition) is 3. The fraction of sp³-hybridized carbons (Fsp3) is 0.600. The molecule has 0 fully saturated rings. The minimum Gasteiger partial charge on any atom is -0.390 e. The smallest absolute Gasteiger partial charge is 0.390 e. The van der Waals surface area contributed by atoms with Crippen LogP contribution >= 0.6 is 0 Å². The molecule has 0 unspecified atom stereocenters. The van der Waals surface area contributed by atoms with Gasteiger partial charge in [-0.1, -0.05) is 5.21 Å². The van der Waals surface area contributed by atoms with Crippen LogP contribution in [0, 0.1) is 0 Å². The maximum absolute atomic E-state index is 11.8. The average Bonchev–Trinajstić information content (AvgIpc) is 2.31. The van der Waals surface area contributed by atoms with Crippen molar-refractivity contribution in [1.82, 2.24) is 15.0 Å². The number of alkyl halides is 3. The first-order valence-corrected chi connectivity index (χ1v) is 3.08. The van der Waals surface area contributed by atoms with Crippen LogP contribution in [0.2, 0.25) is 0 Å². The van der Waals surface area contributed by atoms with Gasteiger partial charge in [-0.2, -0.15) is 13.2 Å². The second kappa shape index (κ2) is 3.10. The third kappa shape index (κ3) is 2.19. The lowest BCUT2D eigenvalue weighted by molar-refractivity contribution is -0.143. The molecule has 7 heteroatoms. The summed E-state index contributed by atoms with van der Waals surface area (Å²) in [5.41, 5.74) is 0.0484. The van der Waals surface area contributed by atoms with E-state index in [-0.39, 0.29) is 5.69 Å². The van der Waals surface area contributed by atoms with E-state index in [1.165, 1.54) is 0 Å². The highest BCUT2D eigenvalue weighted by Gasteiger charge is 2.29. The Bertz CT molecular complexity index is 257. The van der Waals surface area contributed by atoms with Gasteiger partial charge in [0.2, 0.25) is 0 Å². The summed E-state index contributed by atoms with van der Waals surface area (Å²) in [6, 6.07) is 0. The molecular formula is C5H6F3N3O. The molecule has 12 heavy (non-hydrogen) atoms. The Balaban J connectivity index is 2.75. The van der Waals surface area contributed by atoms with Gasteiger partial charge in [0.1, 0.15) is 6.54 Å². The van der Waals surface area contributed by atoms with Crippen molar-refractivity contribution in [1.29, 1.82) is 0 Å². The number of hydrogen-bond donors (Lipinski definition) is 1. The highest BCUT2D eigenvalue weighted by molar-refractivity contribution is 4.91. The molecular weight excluding hydrogens is 175 g/mol. The van der Waals surface area contributed by atoms with Crippen LogP contribution in [0.15, 0.2) is 6.20 Å². The molecule has 1 heterocycles. The van der Waals surface area contributed by atoms with Gasteiger partial charge in [0, 0.05) is 0 Å². The van der Waals surface area contributed by atoms with E-state index in [0.29, 0.717) is 4.68 Å². The summed E-state index contributed by atoms with van der Waals surface area (Å²) in [5, 5.41) is 14.9. The summed E-state index contributed by atoms with van der Waals surface area (Å²) in [4.78, 5) is 0. The first-order chi connectivity index (χ1) is 5.53. The number of aliphatic hydroxyl groups excluding tert-OH is 1. The Morgan fingerprint density at radius 3 is 2.67 bits per heavy atom. The Morgan fingerprint density at radius 1 is 1.50 bits per heavy atom. The predicted octanol–water partition coefficient (Wildman–Crippen LogP) is 0.333. The molecule has 0 saturated carbocycles. The lowest BCUT2D eigenvalue weighted by Gasteiger charge is -2.06. The van der Waals surface area contributed by atoms with Crippen LogP contribution < -0.4 is 0 Å². The van der Waals surface area contributed by atoms with E-state index in [9.17, 15) is 13.2 Å². The van der Waals surface area contributed by atoms with Gasteiger partial charge in [-0.15, -0.1) is 5.10 Å². The summed E-state index contributed by atoms with van der Waals surface area (Å²) < 4.78 is 35.9. The third-order valence-corrected chi connectivity index (χ3v) is 1.19. The molecule has 0 atom stereocenters. The Labute approximate surface area is 65.6 Å². The van der Waals surface area contributed by atoms with Crippen molar-refractivity contribution >= 4 is 0 Å². The van der Waals surface area contributed by atoms with Gasteiger partial charge < -0.3 is 5.11 Å². The fourth-order valence-electron chi connectivity index (χ4n) is 0.704. The van der Waals surface area contributed by atoms with Crippen molar-refractivity contribution < 1.29 is 18.3 Å². The van der Waals surface area contributed by atoms with Gasteiger partial charge in [-0.25, -0.2) is 4.68 Å². The number of aromatic nitrogens is 3. The van der Waals surface area contributed by atoms with Gasteiger partial charge in [-0.3, -0.25) is 0 Å². The number of aliphatic hydroxyl groups is 1. The molecule has 1 N–H and O–H groups in total. The molecule has 0 aliphatic rings. The van der Waals surface area contributed by atoms with Crippen LogP contribution in [0.1, 0.15) is 5.69 Å². The van der Waals surface area contributed by atoms with Crippen molar-refractivity contribution in [3.05, 3.63) is 11.9 Å². The summed E-state index contributed by atoms with van der Waals surface area (Å²) in [6.45, 7) is -1.72. The van der Waals surface area contributed by atoms with Crippen molar-refractivity contribution in [2.75, 3.05) is 0 Å². The predicted molar refractivity (Wildman–Crippen MR) is 32.0 cm³/mol. The summed E-state index contributed by atoms with van der Waals surface area (Å²) >= 11 is 0. The molecule has 0 amide bonds. The summed E-state index contributed by atoms with van der Waals surface area (Å²) in [5.74, 6) is 0. The van der Waals surface area contributed by atoms with Crippen molar-refractivity contribution in [2.24, 2.45) is 0 Å². The molecule has 4 nitrogen and oxygen atoms in total. The quantitative estimate of drug-likeness (QED) is 0.715. The molecule has 0 saturated heterocycles. The van der Waals surface area contributed by atoms with E-state index in [2.05, 4.69) is 10.3 Å². The van der Waals surface area contributed by atoms with E-state index in [4.69, 9.17) is 5.11 Å². The Hall–Kier alpha value is -1.11. The summed E-state index contributed by atoms with van der Waals surface area (Å²) in [6.07, 6.45) is -3.25. The molecule has 0 radical (unpaired) electrons. The molecule has 1 aromatic heterocycles. The van der Waals surface area contributed by atoms with Crippen LogP contribution in [-0.2, 0) is 13.2 Å². The van der Waals surface area contributed by atoms with Crippen molar-refractivity contribution in [3.8, 4) is 0 Å². The van der Waals surface area contributed by atoms with Crippen LogP contribution in [-0.4, -0.2) is 26.3 Å². The van der Waals surface area contributed by atoms with E-state index >= 15 is 0 Å². The maximum Gasteiger partial charge on any atom is 0.408 e. The normalized spacial score (nSPS) is 12.0. The Morgan fingerprint density at radius 2 is 2.17 bits per heavy atom. The van der Waals surface area contributed by atoms with Crippen LogP contribution in [0.5, 0.6) is 0 Å². The first-order valence-electron chi connectivity index (χ1n) is 3.08. The lowest BCUT2D eigenvalue weighted by atomic mass is 10.5. The molecule has 1 aromatic rings. The fourth-order valence-corrected chi connectivity index (χ4v) is 0.704. The largest absolute Gasteiger partial charge is 0.408 e. The molecule has 0 spiro atoms. The minimum atomic E-state index is -4.34. The molecule has 0 aliphatic heterocycles. The topological polar surface area (TPSA) is 50.9 Å². The van der Waals surface area contributed by atoms with E-state index in [1.807, 2.05) is 0 Å². The minimum absolute atomic E-state index is 0.0484. The molecule has 0 aliphatic carbocycles. The zero-order chi connectivity index (χ0) is 9.19. The average molecular weight is 181 g/mol. The van der Waals surface area contributed by atoms with Gasteiger partial charge in [0.15, 0.2) is 0 Å². The van der Waals surface area contributed by atoms with Crippen molar-refractivity contribution in [2.45, 2.75) is 19.3 Å². The monoisotopic (exact) mass is 181 g/mol. The van der Waals surface area contributed by atoms with Crippen molar-refractivity contribution in [3.63, 3.8) is 0 Å². The molecule has 68 valence electrons. The lowest BCUT2D eigenvalue weighted by Crippen LogP contribution is -2.20. The van der Waals surface area contributed by atoms with Gasteiger partial charge in [0.25, 0.3) is 0 Å². The zero-order valence-electron chi connectivity index (χ0n) is 5.91. The molecule has 1 rings (SSSR count). The first kappa shape index (κ1) is 8.98. The van der Waals surface area contributed by atoms with Gasteiger partial charge in [0.05, 0.1) is 18.5 Å². The number of halogens is 3. The van der Waals surface area contributed by atoms with Gasteiger partial charge >= 0.3 is 6.18 Å². The second-order valence-corrected chi connectivity index (χ2v) is 2.16. The SMILES string of the molecule is OCc1cnnn1CC(F)(F)F. The highest BCUT2D eigenvalue weighted by Crippen LogP contribution is 2.17. The van der Waals surface area contributed by atoms with Crippen LogP contribution in [0.3, 0.4) is 0 Å². The number of rotatable bonds is 2. The van der Waals surface area contributed by atoms with Crippen LogP contribution in [0.25, 0.3) is 0 Å². The van der Waals surface area contributed by atoms with E-state index < -0.39 is 19.3 Å². The standard InChI is InChI=1S/C5H6F3N3O/c6-5(7,8)3-11-4(2-12)1-9-10-11/h1,12H,2-3H2. The van der Waals surface area contributed by atoms with E-state index in [1.54, 1.807) is 0 Å². The zero-order valence-corrected chi connectivity index (χ0v) is 5.91. The highest BCUT2D eigenvalue weighted by atomic mass is 19.4. The van der Waals surface area contributed by atoms with Crippen LogP contribution in [0.4, 0.5) is 13.2 Å². The Kier molecular flexibility index (Phi) is 2.32. The third-order valence-electron chi connectivity index (χ3n) is 1.19. The second-order valence-electron chi connectivity index (χ2n) is 2.16. The summed E-state index contributed by atoms with van der Waals surface area (Å²) in [7, 11) is 0.